The Bertz CT molecular complexity index is 1070. The lowest BCUT2D eigenvalue weighted by Crippen LogP contribution is -2.45. The van der Waals surface area contributed by atoms with Crippen molar-refractivity contribution in [1.82, 2.24) is 9.80 Å². The summed E-state index contributed by atoms with van der Waals surface area (Å²) in [5.74, 6) is -1.89. The van der Waals surface area contributed by atoms with Gasteiger partial charge >= 0.3 is 5.97 Å². The van der Waals surface area contributed by atoms with Gasteiger partial charge in [0.25, 0.3) is 17.7 Å². The van der Waals surface area contributed by atoms with E-state index >= 15 is 0 Å². The molecule has 0 atom stereocenters. The lowest BCUT2D eigenvalue weighted by atomic mass is 9.94. The van der Waals surface area contributed by atoms with Crippen molar-refractivity contribution in [2.45, 2.75) is 32.2 Å². The van der Waals surface area contributed by atoms with Gasteiger partial charge in [0.05, 0.1) is 6.07 Å². The molecular weight excluding hydrogens is 398 g/mol. The molecule has 1 aliphatic heterocycles. The fraction of sp³-hybridized carbons (Fsp3) is 0.348. The quantitative estimate of drug-likeness (QED) is 0.502. The largest absolute Gasteiger partial charge is 0.456 e. The maximum absolute atomic E-state index is 12.8. The monoisotopic (exact) mass is 421 g/mol. The molecule has 0 unspecified atom stereocenters. The molecule has 0 aromatic heterocycles. The van der Waals surface area contributed by atoms with Crippen LogP contribution < -0.4 is 0 Å². The second kappa shape index (κ2) is 8.56. The molecule has 2 aromatic carbocycles. The zero-order valence-corrected chi connectivity index (χ0v) is 17.7. The summed E-state index contributed by atoms with van der Waals surface area (Å²) in [5, 5.41) is 10.6. The maximum Gasteiger partial charge on any atom is 0.306 e. The predicted molar refractivity (Wildman–Crippen MR) is 112 cm³/mol. The molecule has 0 saturated heterocycles. The van der Waals surface area contributed by atoms with Gasteiger partial charge in [0.15, 0.2) is 6.61 Å². The number of carbonyl (C=O) groups excluding carboxylic acids is 4. The smallest absolute Gasteiger partial charge is 0.306 e. The van der Waals surface area contributed by atoms with Crippen molar-refractivity contribution >= 4 is 34.5 Å². The number of nitrogens with zero attached hydrogens (tertiary/aromatic N) is 3. The Labute approximate surface area is 180 Å². The van der Waals surface area contributed by atoms with Gasteiger partial charge in [0, 0.05) is 36.5 Å². The Balaban J connectivity index is 1.56. The zero-order valence-electron chi connectivity index (χ0n) is 17.7. The highest BCUT2D eigenvalue weighted by Crippen LogP contribution is 2.30. The van der Waals surface area contributed by atoms with E-state index < -0.39 is 35.8 Å². The molecule has 8 nitrogen and oxygen atoms in total. The lowest BCUT2D eigenvalue weighted by molar-refractivity contribution is -0.153. The van der Waals surface area contributed by atoms with Gasteiger partial charge in [-0.2, -0.15) is 5.26 Å². The average molecular weight is 421 g/mol. The van der Waals surface area contributed by atoms with Gasteiger partial charge in [-0.3, -0.25) is 24.1 Å². The number of hydrogen-bond donors (Lipinski definition) is 0. The molecule has 3 rings (SSSR count). The van der Waals surface area contributed by atoms with Crippen LogP contribution in [0.5, 0.6) is 0 Å². The van der Waals surface area contributed by atoms with Crippen LogP contribution in [0.2, 0.25) is 0 Å². The van der Waals surface area contributed by atoms with E-state index in [1.165, 1.54) is 11.9 Å². The maximum atomic E-state index is 12.8. The predicted octanol–water partition coefficient (Wildman–Crippen LogP) is 2.52. The SMILES string of the molecule is CN(C(=O)COC(=O)CCCN1C(=O)c2cccc3cccc(c23)C1=O)C(C)(C)C#N. The number of likely N-dealkylation sites (N-methyl/N-ethyl adjacent to an activating group) is 1. The third-order valence-corrected chi connectivity index (χ3v) is 5.46. The molecule has 0 radical (unpaired) electrons. The molecule has 0 fully saturated rings. The molecular formula is C23H23N3O5. The normalized spacial score (nSPS) is 13.2. The summed E-state index contributed by atoms with van der Waals surface area (Å²) in [6.07, 6.45) is 0.156. The number of nitriles is 1. The Morgan fingerprint density at radius 3 is 2.23 bits per heavy atom. The van der Waals surface area contributed by atoms with E-state index in [4.69, 9.17) is 10.00 Å². The first kappa shape index (κ1) is 22.0. The summed E-state index contributed by atoms with van der Waals surface area (Å²) in [6, 6.07) is 12.6. The third-order valence-electron chi connectivity index (χ3n) is 5.46. The van der Waals surface area contributed by atoms with Gasteiger partial charge in [0.2, 0.25) is 0 Å². The minimum Gasteiger partial charge on any atom is -0.456 e. The minimum absolute atomic E-state index is 0.0540. The van der Waals surface area contributed by atoms with Gasteiger partial charge in [-0.25, -0.2) is 0 Å². The van der Waals surface area contributed by atoms with Gasteiger partial charge in [0.1, 0.15) is 5.54 Å². The third kappa shape index (κ3) is 4.26. The molecule has 8 heteroatoms. The number of imide groups is 1. The molecule has 0 N–H and O–H groups in total. The van der Waals surface area contributed by atoms with Crippen molar-refractivity contribution in [3.63, 3.8) is 0 Å². The van der Waals surface area contributed by atoms with Crippen LogP contribution in [0.15, 0.2) is 36.4 Å². The highest BCUT2D eigenvalue weighted by molar-refractivity contribution is 6.25. The second-order valence-electron chi connectivity index (χ2n) is 7.86. The summed E-state index contributed by atoms with van der Waals surface area (Å²) < 4.78 is 4.98. The zero-order chi connectivity index (χ0) is 22.8. The van der Waals surface area contributed by atoms with Crippen LogP contribution in [-0.4, -0.2) is 59.2 Å². The van der Waals surface area contributed by atoms with Crippen LogP contribution >= 0.6 is 0 Å². The van der Waals surface area contributed by atoms with Crippen molar-refractivity contribution in [3.05, 3.63) is 47.5 Å². The first-order chi connectivity index (χ1) is 14.7. The summed E-state index contributed by atoms with van der Waals surface area (Å²) in [5.41, 5.74) is -0.0921. The number of benzene rings is 2. The molecule has 0 aliphatic carbocycles. The number of rotatable bonds is 7. The Morgan fingerprint density at radius 2 is 1.68 bits per heavy atom. The topological polar surface area (TPSA) is 108 Å². The number of esters is 1. The summed E-state index contributed by atoms with van der Waals surface area (Å²) in [4.78, 5) is 52.0. The molecule has 0 saturated carbocycles. The van der Waals surface area contributed by atoms with Crippen LogP contribution in [0, 0.1) is 11.3 Å². The molecule has 0 bridgehead atoms. The molecule has 160 valence electrons. The second-order valence-corrected chi connectivity index (χ2v) is 7.86. The van der Waals surface area contributed by atoms with E-state index in [1.807, 2.05) is 18.2 Å². The Hall–Kier alpha value is -3.73. The molecule has 1 aliphatic rings. The highest BCUT2D eigenvalue weighted by atomic mass is 16.5. The van der Waals surface area contributed by atoms with E-state index in [2.05, 4.69) is 0 Å². The van der Waals surface area contributed by atoms with Crippen LogP contribution in [0.3, 0.4) is 0 Å². The van der Waals surface area contributed by atoms with Crippen molar-refractivity contribution in [2.75, 3.05) is 20.2 Å². The van der Waals surface area contributed by atoms with E-state index in [9.17, 15) is 19.2 Å². The Kier molecular flexibility index (Phi) is 6.07. The molecule has 31 heavy (non-hydrogen) atoms. The highest BCUT2D eigenvalue weighted by Gasteiger charge is 2.32. The summed E-state index contributed by atoms with van der Waals surface area (Å²) in [6.45, 7) is 2.75. The van der Waals surface area contributed by atoms with E-state index in [0.29, 0.717) is 16.5 Å². The first-order valence-corrected chi connectivity index (χ1v) is 9.89. The summed E-state index contributed by atoms with van der Waals surface area (Å²) in [7, 11) is 1.46. The van der Waals surface area contributed by atoms with E-state index in [1.54, 1.807) is 38.1 Å². The van der Waals surface area contributed by atoms with Crippen molar-refractivity contribution in [1.29, 1.82) is 5.26 Å². The minimum atomic E-state index is -1.02. The lowest BCUT2D eigenvalue weighted by Gasteiger charge is -2.28. The number of carbonyl (C=O) groups is 4. The van der Waals surface area contributed by atoms with Crippen LogP contribution in [0.1, 0.15) is 47.4 Å². The fourth-order valence-corrected chi connectivity index (χ4v) is 3.36. The molecule has 2 aromatic rings. The average Bonchev–Trinajstić information content (AvgIpc) is 2.77. The number of amides is 3. The van der Waals surface area contributed by atoms with Crippen LogP contribution in [0.4, 0.5) is 0 Å². The fourth-order valence-electron chi connectivity index (χ4n) is 3.36. The van der Waals surface area contributed by atoms with Crippen molar-refractivity contribution in [2.24, 2.45) is 0 Å². The Morgan fingerprint density at radius 1 is 1.10 bits per heavy atom. The molecule has 3 amide bonds. The molecule has 1 heterocycles. The van der Waals surface area contributed by atoms with E-state index in [0.717, 1.165) is 10.3 Å². The summed E-state index contributed by atoms with van der Waals surface area (Å²) >= 11 is 0. The van der Waals surface area contributed by atoms with Gasteiger partial charge in [-0.05, 0) is 37.8 Å². The van der Waals surface area contributed by atoms with Gasteiger partial charge in [-0.15, -0.1) is 0 Å². The number of hydrogen-bond acceptors (Lipinski definition) is 6. The van der Waals surface area contributed by atoms with Crippen LogP contribution in [0.25, 0.3) is 10.8 Å². The number of ether oxygens (including phenoxy) is 1. The van der Waals surface area contributed by atoms with Gasteiger partial charge < -0.3 is 9.64 Å². The van der Waals surface area contributed by atoms with Crippen LogP contribution in [-0.2, 0) is 14.3 Å². The van der Waals surface area contributed by atoms with Crippen molar-refractivity contribution < 1.29 is 23.9 Å². The standard InChI is InChI=1S/C23H23N3O5/c1-23(2,14-24)25(3)18(27)13-31-19(28)11-6-12-26-21(29)16-9-4-7-15-8-5-10-17(20(15)16)22(26)30/h4-5,7-10H,6,11-13H2,1-3H3. The van der Waals surface area contributed by atoms with Gasteiger partial charge in [-0.1, -0.05) is 24.3 Å². The first-order valence-electron chi connectivity index (χ1n) is 9.89. The van der Waals surface area contributed by atoms with E-state index in [-0.39, 0.29) is 19.4 Å². The molecule has 0 spiro atoms. The van der Waals surface area contributed by atoms with Crippen molar-refractivity contribution in [3.8, 4) is 6.07 Å².